The Balaban J connectivity index is 0.000000855. The molecule has 3 nitrogen and oxygen atoms in total. The molecule has 1 atom stereocenters. The molecule has 3 aromatic rings. The van der Waals surface area contributed by atoms with E-state index < -0.39 is 0 Å². The van der Waals surface area contributed by atoms with Crippen molar-refractivity contribution in [3.8, 4) is 22.8 Å². The number of hydrogen-bond donors (Lipinski definition) is 0. The standard InChI is InChI=1S/C20H21N3.2C2H6/c1-3-15(2)14-18-21-19(16-10-6-4-7-11-16)23-20(22-18)17-12-8-5-9-13-17;2*1-2/h4-13,15H,3,14H2,1-2H3;2*1-2H3. The summed E-state index contributed by atoms with van der Waals surface area (Å²) in [5, 5.41) is 0. The van der Waals surface area contributed by atoms with Gasteiger partial charge in [0.25, 0.3) is 0 Å². The molecule has 0 saturated carbocycles. The molecule has 27 heavy (non-hydrogen) atoms. The van der Waals surface area contributed by atoms with Gasteiger partial charge in [-0.15, -0.1) is 0 Å². The van der Waals surface area contributed by atoms with Gasteiger partial charge in [0.2, 0.25) is 0 Å². The summed E-state index contributed by atoms with van der Waals surface area (Å²) in [6.07, 6.45) is 1.99. The van der Waals surface area contributed by atoms with Crippen molar-refractivity contribution < 1.29 is 0 Å². The molecule has 0 spiro atoms. The van der Waals surface area contributed by atoms with Gasteiger partial charge in [-0.2, -0.15) is 0 Å². The predicted molar refractivity (Wildman–Crippen MR) is 117 cm³/mol. The lowest BCUT2D eigenvalue weighted by Crippen LogP contribution is -2.07. The highest BCUT2D eigenvalue weighted by atomic mass is 15.0. The summed E-state index contributed by atoms with van der Waals surface area (Å²) in [5.41, 5.74) is 2.05. The van der Waals surface area contributed by atoms with Crippen molar-refractivity contribution in [2.75, 3.05) is 0 Å². The smallest absolute Gasteiger partial charge is 0.163 e. The monoisotopic (exact) mass is 363 g/mol. The first-order valence-corrected chi connectivity index (χ1v) is 10.1. The molecule has 1 aromatic heterocycles. The number of rotatable bonds is 5. The van der Waals surface area contributed by atoms with Crippen molar-refractivity contribution in [1.82, 2.24) is 15.0 Å². The molecule has 0 bridgehead atoms. The third kappa shape index (κ3) is 6.93. The highest BCUT2D eigenvalue weighted by Crippen LogP contribution is 2.21. The molecule has 3 rings (SSSR count). The van der Waals surface area contributed by atoms with E-state index in [0.717, 1.165) is 41.4 Å². The number of aromatic nitrogens is 3. The van der Waals surface area contributed by atoms with Gasteiger partial charge in [-0.1, -0.05) is 109 Å². The number of nitrogens with zero attached hydrogens (tertiary/aromatic N) is 3. The first kappa shape index (κ1) is 22.5. The third-order valence-corrected chi connectivity index (χ3v) is 3.97. The largest absolute Gasteiger partial charge is 0.213 e. The van der Waals surface area contributed by atoms with Gasteiger partial charge in [-0.25, -0.2) is 15.0 Å². The van der Waals surface area contributed by atoms with Crippen LogP contribution in [0.3, 0.4) is 0 Å². The van der Waals surface area contributed by atoms with E-state index in [1.54, 1.807) is 0 Å². The molecule has 0 N–H and O–H groups in total. The van der Waals surface area contributed by atoms with Crippen LogP contribution in [0.4, 0.5) is 0 Å². The van der Waals surface area contributed by atoms with Gasteiger partial charge in [-0.05, 0) is 5.92 Å². The minimum Gasteiger partial charge on any atom is -0.213 e. The quantitative estimate of drug-likeness (QED) is 0.497. The van der Waals surface area contributed by atoms with Crippen molar-refractivity contribution in [2.45, 2.75) is 54.4 Å². The molecule has 144 valence electrons. The van der Waals surface area contributed by atoms with E-state index in [1.807, 2.05) is 88.4 Å². The molecule has 0 aliphatic carbocycles. The molecule has 3 heteroatoms. The van der Waals surface area contributed by atoms with Crippen LogP contribution in [0, 0.1) is 5.92 Å². The molecular weight excluding hydrogens is 330 g/mol. The van der Waals surface area contributed by atoms with Gasteiger partial charge in [0.15, 0.2) is 11.6 Å². The maximum absolute atomic E-state index is 4.69. The van der Waals surface area contributed by atoms with Gasteiger partial charge < -0.3 is 0 Å². The van der Waals surface area contributed by atoms with E-state index in [1.165, 1.54) is 0 Å². The second kappa shape index (κ2) is 12.7. The van der Waals surface area contributed by atoms with Crippen LogP contribution >= 0.6 is 0 Å². The maximum Gasteiger partial charge on any atom is 0.163 e. The highest BCUT2D eigenvalue weighted by Gasteiger charge is 2.12. The Hall–Kier alpha value is -2.55. The van der Waals surface area contributed by atoms with Crippen LogP contribution in [0.5, 0.6) is 0 Å². The molecule has 0 amide bonds. The Kier molecular flexibility index (Phi) is 10.6. The molecule has 1 heterocycles. The van der Waals surface area contributed by atoms with Gasteiger partial charge in [0.1, 0.15) is 5.82 Å². The maximum atomic E-state index is 4.69. The van der Waals surface area contributed by atoms with Crippen LogP contribution in [0.1, 0.15) is 53.8 Å². The fourth-order valence-corrected chi connectivity index (χ4v) is 2.40. The van der Waals surface area contributed by atoms with Gasteiger partial charge in [0.05, 0.1) is 0 Å². The normalized spacial score (nSPS) is 10.7. The summed E-state index contributed by atoms with van der Waals surface area (Å²) in [6, 6.07) is 20.2. The summed E-state index contributed by atoms with van der Waals surface area (Å²) >= 11 is 0. The zero-order valence-electron chi connectivity index (χ0n) is 17.6. The van der Waals surface area contributed by atoms with E-state index in [2.05, 4.69) is 18.8 Å². The zero-order chi connectivity index (χ0) is 20.1. The van der Waals surface area contributed by atoms with Crippen molar-refractivity contribution in [3.63, 3.8) is 0 Å². The van der Waals surface area contributed by atoms with Crippen molar-refractivity contribution >= 4 is 0 Å². The SMILES string of the molecule is CC.CC.CCC(C)Cc1nc(-c2ccccc2)nc(-c2ccccc2)n1. The van der Waals surface area contributed by atoms with E-state index in [0.29, 0.717) is 5.92 Å². The fourth-order valence-electron chi connectivity index (χ4n) is 2.40. The van der Waals surface area contributed by atoms with Gasteiger partial charge in [0, 0.05) is 17.5 Å². The first-order chi connectivity index (χ1) is 13.3. The number of benzene rings is 2. The van der Waals surface area contributed by atoms with Gasteiger partial charge in [-0.3, -0.25) is 0 Å². The molecule has 0 aliphatic rings. The molecule has 0 saturated heterocycles. The summed E-state index contributed by atoms with van der Waals surface area (Å²) in [7, 11) is 0. The predicted octanol–water partition coefficient (Wildman–Crippen LogP) is 6.85. The van der Waals surface area contributed by atoms with Crippen LogP contribution < -0.4 is 0 Å². The zero-order valence-corrected chi connectivity index (χ0v) is 17.6. The average Bonchev–Trinajstić information content (AvgIpc) is 2.77. The number of hydrogen-bond acceptors (Lipinski definition) is 3. The van der Waals surface area contributed by atoms with E-state index >= 15 is 0 Å². The molecule has 0 aliphatic heterocycles. The van der Waals surface area contributed by atoms with Crippen molar-refractivity contribution in [1.29, 1.82) is 0 Å². The van der Waals surface area contributed by atoms with Crippen LogP contribution in [0.25, 0.3) is 22.8 Å². The minimum atomic E-state index is 0.560. The molecule has 1 unspecified atom stereocenters. The molecular formula is C24H33N3. The first-order valence-electron chi connectivity index (χ1n) is 10.1. The second-order valence-electron chi connectivity index (χ2n) is 5.85. The Labute approximate surface area is 165 Å². The van der Waals surface area contributed by atoms with Crippen molar-refractivity contribution in [3.05, 3.63) is 66.5 Å². The Morgan fingerprint density at radius 3 is 1.44 bits per heavy atom. The van der Waals surface area contributed by atoms with Crippen molar-refractivity contribution in [2.24, 2.45) is 5.92 Å². The summed E-state index contributed by atoms with van der Waals surface area (Å²) in [6.45, 7) is 12.4. The molecule has 0 radical (unpaired) electrons. The lowest BCUT2D eigenvalue weighted by molar-refractivity contribution is 0.543. The van der Waals surface area contributed by atoms with E-state index in [4.69, 9.17) is 9.97 Å². The summed E-state index contributed by atoms with van der Waals surface area (Å²) in [4.78, 5) is 14.1. The Bertz CT molecular complexity index is 697. The van der Waals surface area contributed by atoms with Crippen LogP contribution in [-0.4, -0.2) is 15.0 Å². The Morgan fingerprint density at radius 2 is 1.07 bits per heavy atom. The lowest BCUT2D eigenvalue weighted by Gasteiger charge is -2.10. The fraction of sp³-hybridized carbons (Fsp3) is 0.375. The summed E-state index contributed by atoms with van der Waals surface area (Å²) in [5.74, 6) is 2.92. The lowest BCUT2D eigenvalue weighted by atomic mass is 10.0. The molecule has 2 aromatic carbocycles. The topological polar surface area (TPSA) is 38.7 Å². The highest BCUT2D eigenvalue weighted by molar-refractivity contribution is 5.60. The van der Waals surface area contributed by atoms with Crippen LogP contribution in [0.2, 0.25) is 0 Å². The third-order valence-electron chi connectivity index (χ3n) is 3.97. The summed E-state index contributed by atoms with van der Waals surface area (Å²) < 4.78 is 0. The molecule has 0 fully saturated rings. The second-order valence-corrected chi connectivity index (χ2v) is 5.85. The van der Waals surface area contributed by atoms with E-state index in [-0.39, 0.29) is 0 Å². The Morgan fingerprint density at radius 1 is 0.667 bits per heavy atom. The van der Waals surface area contributed by atoms with Crippen LogP contribution in [-0.2, 0) is 6.42 Å². The van der Waals surface area contributed by atoms with Gasteiger partial charge >= 0.3 is 0 Å². The minimum absolute atomic E-state index is 0.560. The van der Waals surface area contributed by atoms with Crippen LogP contribution in [0.15, 0.2) is 60.7 Å². The average molecular weight is 364 g/mol. The van der Waals surface area contributed by atoms with E-state index in [9.17, 15) is 0 Å².